The van der Waals surface area contributed by atoms with Crippen molar-refractivity contribution in [3.63, 3.8) is 0 Å². The summed E-state index contributed by atoms with van der Waals surface area (Å²) in [6, 6.07) is 12.6. The van der Waals surface area contributed by atoms with E-state index in [0.29, 0.717) is 27.7 Å². The highest BCUT2D eigenvalue weighted by Crippen LogP contribution is 2.38. The van der Waals surface area contributed by atoms with Crippen LogP contribution in [0.25, 0.3) is 11.0 Å². The maximum Gasteiger partial charge on any atom is 0.328 e. The molecule has 4 rings (SSSR count). The van der Waals surface area contributed by atoms with Gasteiger partial charge in [0, 0.05) is 30.0 Å². The Labute approximate surface area is 192 Å². The smallest absolute Gasteiger partial charge is 0.328 e. The third kappa shape index (κ3) is 4.33. The van der Waals surface area contributed by atoms with E-state index >= 15 is 0 Å². The molecule has 1 N–H and O–H groups in total. The summed E-state index contributed by atoms with van der Waals surface area (Å²) >= 11 is 1.25. The van der Waals surface area contributed by atoms with E-state index in [9.17, 15) is 22.0 Å². The Balaban J connectivity index is 1.84. The largest absolute Gasteiger partial charge is 0.497 e. The number of aromatic nitrogens is 2. The van der Waals surface area contributed by atoms with Crippen LogP contribution in [-0.2, 0) is 24.1 Å². The van der Waals surface area contributed by atoms with Crippen molar-refractivity contribution in [2.75, 3.05) is 11.8 Å². The van der Waals surface area contributed by atoms with Gasteiger partial charge in [0.1, 0.15) is 22.3 Å². The Kier molecular flexibility index (Phi) is 5.93. The van der Waals surface area contributed by atoms with Crippen molar-refractivity contribution in [1.29, 1.82) is 0 Å². The molecule has 172 valence electrons. The fraction of sp³-hybridized carbons (Fsp3) is 0.136. The molecule has 0 aliphatic heterocycles. The number of sulfonamides is 1. The van der Waals surface area contributed by atoms with E-state index in [2.05, 4.69) is 4.72 Å². The number of nitrogens with one attached hydrogen (secondary N) is 1. The quantitative estimate of drug-likeness (QED) is 0.439. The normalized spacial score (nSPS) is 11.7. The minimum absolute atomic E-state index is 0.147. The van der Waals surface area contributed by atoms with Gasteiger partial charge in [-0.05, 0) is 48.5 Å². The standard InChI is InChI=1S/C22H19F2N3O4S2/c1-26-18-11-17(25-33(29,30)21-9-4-13(23)10-16(21)24)20(12-19(18)27(2)22(26)28)32-15-7-5-14(31-3)6-8-15/h4-12,25H,1-3H3. The molecular weight excluding hydrogens is 472 g/mol. The third-order valence-electron chi connectivity index (χ3n) is 5.09. The molecule has 0 saturated heterocycles. The van der Waals surface area contributed by atoms with Gasteiger partial charge in [-0.3, -0.25) is 13.9 Å². The molecule has 0 unspecified atom stereocenters. The number of hydrogen-bond donors (Lipinski definition) is 1. The van der Waals surface area contributed by atoms with E-state index in [-0.39, 0.29) is 11.4 Å². The predicted molar refractivity (Wildman–Crippen MR) is 122 cm³/mol. The summed E-state index contributed by atoms with van der Waals surface area (Å²) in [4.78, 5) is 13.0. The van der Waals surface area contributed by atoms with Crippen LogP contribution in [0.3, 0.4) is 0 Å². The van der Waals surface area contributed by atoms with Crippen LogP contribution in [0.4, 0.5) is 14.5 Å². The fourth-order valence-electron chi connectivity index (χ4n) is 3.35. The van der Waals surface area contributed by atoms with Gasteiger partial charge in [-0.25, -0.2) is 22.0 Å². The van der Waals surface area contributed by atoms with E-state index in [1.54, 1.807) is 51.5 Å². The maximum atomic E-state index is 14.2. The molecule has 0 aliphatic rings. The molecule has 1 heterocycles. The predicted octanol–water partition coefficient (Wildman–Crippen LogP) is 4.12. The first-order valence-electron chi connectivity index (χ1n) is 9.60. The summed E-state index contributed by atoms with van der Waals surface area (Å²) in [5, 5.41) is 0. The molecule has 3 aromatic carbocycles. The molecule has 0 aliphatic carbocycles. The number of anilines is 1. The molecule has 4 aromatic rings. The lowest BCUT2D eigenvalue weighted by Gasteiger charge is -2.14. The average molecular weight is 492 g/mol. The maximum absolute atomic E-state index is 14.2. The topological polar surface area (TPSA) is 82.3 Å². The van der Waals surface area contributed by atoms with Crippen molar-refractivity contribution in [1.82, 2.24) is 9.13 Å². The van der Waals surface area contributed by atoms with Crippen LogP contribution in [0.5, 0.6) is 5.75 Å². The second-order valence-electron chi connectivity index (χ2n) is 7.20. The van der Waals surface area contributed by atoms with E-state index in [0.717, 1.165) is 17.0 Å². The molecule has 1 aromatic heterocycles. The van der Waals surface area contributed by atoms with Crippen molar-refractivity contribution in [3.05, 3.63) is 76.7 Å². The molecule has 0 bridgehead atoms. The van der Waals surface area contributed by atoms with Crippen molar-refractivity contribution in [2.45, 2.75) is 14.7 Å². The zero-order valence-electron chi connectivity index (χ0n) is 17.8. The lowest BCUT2D eigenvalue weighted by atomic mass is 10.3. The zero-order chi connectivity index (χ0) is 23.9. The Morgan fingerprint density at radius 2 is 1.58 bits per heavy atom. The van der Waals surface area contributed by atoms with Crippen molar-refractivity contribution in [2.24, 2.45) is 14.1 Å². The molecule has 0 radical (unpaired) electrons. The van der Waals surface area contributed by atoms with E-state index in [4.69, 9.17) is 4.74 Å². The number of rotatable bonds is 6. The highest BCUT2D eigenvalue weighted by molar-refractivity contribution is 7.99. The van der Waals surface area contributed by atoms with Crippen LogP contribution in [0, 0.1) is 11.6 Å². The average Bonchev–Trinajstić information content (AvgIpc) is 2.97. The minimum Gasteiger partial charge on any atom is -0.497 e. The van der Waals surface area contributed by atoms with Gasteiger partial charge >= 0.3 is 5.69 Å². The van der Waals surface area contributed by atoms with Gasteiger partial charge < -0.3 is 4.74 Å². The molecule has 0 amide bonds. The molecule has 33 heavy (non-hydrogen) atoms. The number of imidazole rings is 1. The third-order valence-corrected chi connectivity index (χ3v) is 7.55. The summed E-state index contributed by atoms with van der Waals surface area (Å²) in [5.74, 6) is -1.43. The molecular formula is C22H19F2N3O4S2. The Morgan fingerprint density at radius 1 is 0.939 bits per heavy atom. The van der Waals surface area contributed by atoms with Crippen molar-refractivity contribution < 1.29 is 21.9 Å². The molecule has 0 spiro atoms. The summed E-state index contributed by atoms with van der Waals surface area (Å²) in [6.45, 7) is 0. The Bertz CT molecular complexity index is 1530. The second-order valence-corrected chi connectivity index (χ2v) is 9.96. The van der Waals surface area contributed by atoms with E-state index < -0.39 is 26.6 Å². The molecule has 0 fully saturated rings. The Morgan fingerprint density at radius 3 is 2.18 bits per heavy atom. The van der Waals surface area contributed by atoms with Crippen molar-refractivity contribution >= 4 is 38.5 Å². The molecule has 11 heteroatoms. The highest BCUT2D eigenvalue weighted by atomic mass is 32.2. The number of nitrogens with zero attached hydrogens (tertiary/aromatic N) is 2. The van der Waals surface area contributed by atoms with Gasteiger partial charge in [0.2, 0.25) is 0 Å². The van der Waals surface area contributed by atoms with Crippen molar-refractivity contribution in [3.8, 4) is 5.75 Å². The number of benzene rings is 3. The number of ether oxygens (including phenoxy) is 1. The first-order valence-corrected chi connectivity index (χ1v) is 11.9. The highest BCUT2D eigenvalue weighted by Gasteiger charge is 2.23. The number of aryl methyl sites for hydroxylation is 2. The fourth-order valence-corrected chi connectivity index (χ4v) is 5.47. The first kappa shape index (κ1) is 22.9. The van der Waals surface area contributed by atoms with Crippen LogP contribution >= 0.6 is 11.8 Å². The molecule has 0 atom stereocenters. The number of hydrogen-bond acceptors (Lipinski definition) is 5. The van der Waals surface area contributed by atoms with Gasteiger partial charge in [-0.2, -0.15) is 0 Å². The van der Waals surface area contributed by atoms with Crippen LogP contribution in [-0.4, -0.2) is 24.7 Å². The minimum atomic E-state index is -4.39. The summed E-state index contributed by atoms with van der Waals surface area (Å²) in [6.07, 6.45) is 0. The SMILES string of the molecule is COc1ccc(Sc2cc3c(cc2NS(=O)(=O)c2ccc(F)cc2F)n(C)c(=O)n3C)cc1. The lowest BCUT2D eigenvalue weighted by Crippen LogP contribution is -2.19. The van der Waals surface area contributed by atoms with Crippen LogP contribution < -0.4 is 15.1 Å². The zero-order valence-corrected chi connectivity index (χ0v) is 19.4. The van der Waals surface area contributed by atoms with Crippen LogP contribution in [0.1, 0.15) is 0 Å². The van der Waals surface area contributed by atoms with Crippen LogP contribution in [0.15, 0.2) is 74.1 Å². The van der Waals surface area contributed by atoms with E-state index in [1.165, 1.54) is 27.0 Å². The number of methoxy groups -OCH3 is 1. The summed E-state index contributed by atoms with van der Waals surface area (Å²) in [7, 11) is 0.342. The molecule has 7 nitrogen and oxygen atoms in total. The van der Waals surface area contributed by atoms with Gasteiger partial charge in [0.25, 0.3) is 10.0 Å². The summed E-state index contributed by atoms with van der Waals surface area (Å²) in [5.41, 5.74) is 0.941. The van der Waals surface area contributed by atoms with Gasteiger partial charge in [-0.1, -0.05) is 11.8 Å². The van der Waals surface area contributed by atoms with Gasteiger partial charge in [0.15, 0.2) is 0 Å². The number of halogens is 2. The van der Waals surface area contributed by atoms with Gasteiger partial charge in [0.05, 0.1) is 23.8 Å². The summed E-state index contributed by atoms with van der Waals surface area (Å²) < 4.78 is 63.8. The second kappa shape index (κ2) is 8.56. The van der Waals surface area contributed by atoms with Crippen LogP contribution in [0.2, 0.25) is 0 Å². The Hall–Kier alpha value is -3.31. The van der Waals surface area contributed by atoms with Gasteiger partial charge in [-0.15, -0.1) is 0 Å². The lowest BCUT2D eigenvalue weighted by molar-refractivity contribution is 0.414. The monoisotopic (exact) mass is 491 g/mol. The molecule has 0 saturated carbocycles. The van der Waals surface area contributed by atoms with E-state index in [1.807, 2.05) is 0 Å². The number of fused-ring (bicyclic) bond motifs is 1. The first-order chi connectivity index (χ1) is 15.6.